The minimum absolute atomic E-state index is 0.0441. The SMILES string of the molecule is C#CCNC(=O)C(C)SCCOc1ccc(OC)cc1. The Morgan fingerprint density at radius 1 is 1.40 bits per heavy atom. The average molecular weight is 293 g/mol. The van der Waals surface area contributed by atoms with Crippen LogP contribution in [0.5, 0.6) is 11.5 Å². The maximum absolute atomic E-state index is 11.6. The Balaban J connectivity index is 2.20. The van der Waals surface area contributed by atoms with E-state index in [4.69, 9.17) is 15.9 Å². The van der Waals surface area contributed by atoms with Gasteiger partial charge in [0, 0.05) is 5.75 Å². The third-order valence-corrected chi connectivity index (χ3v) is 3.63. The van der Waals surface area contributed by atoms with Crippen molar-refractivity contribution in [1.29, 1.82) is 0 Å². The Bertz CT molecular complexity index is 453. The van der Waals surface area contributed by atoms with Crippen molar-refractivity contribution in [2.75, 3.05) is 26.0 Å². The van der Waals surface area contributed by atoms with Gasteiger partial charge in [0.15, 0.2) is 0 Å². The minimum Gasteiger partial charge on any atom is -0.497 e. The van der Waals surface area contributed by atoms with E-state index in [2.05, 4.69) is 11.2 Å². The van der Waals surface area contributed by atoms with Crippen LogP contribution in [0.15, 0.2) is 24.3 Å². The van der Waals surface area contributed by atoms with Crippen molar-refractivity contribution in [3.8, 4) is 23.8 Å². The van der Waals surface area contributed by atoms with Crippen molar-refractivity contribution in [2.24, 2.45) is 0 Å². The minimum atomic E-state index is -0.136. The molecular formula is C15H19NO3S. The first-order valence-electron chi connectivity index (χ1n) is 6.27. The molecule has 20 heavy (non-hydrogen) atoms. The molecule has 0 aliphatic rings. The lowest BCUT2D eigenvalue weighted by atomic mass is 10.3. The molecule has 0 aromatic heterocycles. The summed E-state index contributed by atoms with van der Waals surface area (Å²) in [5.74, 6) is 4.65. The van der Waals surface area contributed by atoms with E-state index in [1.807, 2.05) is 31.2 Å². The fraction of sp³-hybridized carbons (Fsp3) is 0.400. The predicted octanol–water partition coefficient (Wildman–Crippen LogP) is 1.95. The lowest BCUT2D eigenvalue weighted by Gasteiger charge is -2.11. The van der Waals surface area contributed by atoms with Crippen molar-refractivity contribution in [1.82, 2.24) is 5.32 Å². The number of hydrogen-bond acceptors (Lipinski definition) is 4. The largest absolute Gasteiger partial charge is 0.497 e. The molecule has 0 spiro atoms. The third kappa shape index (κ3) is 5.89. The summed E-state index contributed by atoms with van der Waals surface area (Å²) in [4.78, 5) is 11.6. The van der Waals surface area contributed by atoms with Gasteiger partial charge in [-0.3, -0.25) is 4.79 Å². The molecular weight excluding hydrogens is 274 g/mol. The number of carbonyl (C=O) groups excluding carboxylic acids is 1. The van der Waals surface area contributed by atoms with E-state index >= 15 is 0 Å². The lowest BCUT2D eigenvalue weighted by Crippen LogP contribution is -2.31. The molecule has 0 saturated heterocycles. The van der Waals surface area contributed by atoms with Crippen molar-refractivity contribution in [3.63, 3.8) is 0 Å². The fourth-order valence-electron chi connectivity index (χ4n) is 1.41. The summed E-state index contributed by atoms with van der Waals surface area (Å²) < 4.78 is 10.6. The molecule has 1 N–H and O–H groups in total. The van der Waals surface area contributed by atoms with Gasteiger partial charge < -0.3 is 14.8 Å². The number of ether oxygens (including phenoxy) is 2. The summed E-state index contributed by atoms with van der Waals surface area (Å²) >= 11 is 1.53. The summed E-state index contributed by atoms with van der Waals surface area (Å²) in [7, 11) is 1.62. The van der Waals surface area contributed by atoms with Crippen LogP contribution in [0.2, 0.25) is 0 Å². The average Bonchev–Trinajstić information content (AvgIpc) is 2.49. The van der Waals surface area contributed by atoms with Gasteiger partial charge >= 0.3 is 0 Å². The van der Waals surface area contributed by atoms with Crippen LogP contribution in [0.25, 0.3) is 0 Å². The molecule has 1 aromatic rings. The van der Waals surface area contributed by atoms with Crippen LogP contribution in [-0.2, 0) is 4.79 Å². The molecule has 0 heterocycles. The third-order valence-electron chi connectivity index (χ3n) is 2.51. The fourth-order valence-corrected chi connectivity index (χ4v) is 2.18. The maximum atomic E-state index is 11.6. The molecule has 0 bridgehead atoms. The second-order valence-electron chi connectivity index (χ2n) is 3.96. The maximum Gasteiger partial charge on any atom is 0.233 e. The van der Waals surface area contributed by atoms with Crippen molar-refractivity contribution >= 4 is 17.7 Å². The van der Waals surface area contributed by atoms with Gasteiger partial charge in [-0.2, -0.15) is 0 Å². The van der Waals surface area contributed by atoms with E-state index < -0.39 is 0 Å². The zero-order valence-electron chi connectivity index (χ0n) is 11.7. The zero-order chi connectivity index (χ0) is 14.8. The molecule has 1 amide bonds. The first-order chi connectivity index (χ1) is 9.67. The van der Waals surface area contributed by atoms with E-state index in [-0.39, 0.29) is 17.7 Å². The summed E-state index contributed by atoms with van der Waals surface area (Å²) in [5.41, 5.74) is 0. The van der Waals surface area contributed by atoms with Gasteiger partial charge in [0.2, 0.25) is 5.91 Å². The second-order valence-corrected chi connectivity index (χ2v) is 5.41. The van der Waals surface area contributed by atoms with E-state index in [9.17, 15) is 4.79 Å². The number of rotatable bonds is 8. The Hall–Kier alpha value is -1.80. The summed E-state index contributed by atoms with van der Waals surface area (Å²) in [6.45, 7) is 2.67. The van der Waals surface area contributed by atoms with E-state index in [0.29, 0.717) is 6.61 Å². The molecule has 0 aliphatic heterocycles. The van der Waals surface area contributed by atoms with Crippen LogP contribution >= 0.6 is 11.8 Å². The standard InChI is InChI=1S/C15H19NO3S/c1-4-9-16-15(17)12(2)20-11-10-19-14-7-5-13(18-3)6-8-14/h1,5-8,12H,9-11H2,2-3H3,(H,16,17). The zero-order valence-corrected chi connectivity index (χ0v) is 12.5. The lowest BCUT2D eigenvalue weighted by molar-refractivity contribution is -0.120. The number of hydrogen-bond donors (Lipinski definition) is 1. The topological polar surface area (TPSA) is 47.6 Å². The molecule has 0 fully saturated rings. The van der Waals surface area contributed by atoms with E-state index in [1.165, 1.54) is 11.8 Å². The number of terminal acetylenes is 1. The number of benzene rings is 1. The Kier molecular flexibility index (Phi) is 7.44. The number of amides is 1. The summed E-state index contributed by atoms with van der Waals surface area (Å²) in [6.07, 6.45) is 5.08. The van der Waals surface area contributed by atoms with Crippen molar-refractivity contribution in [2.45, 2.75) is 12.2 Å². The number of thioether (sulfide) groups is 1. The Morgan fingerprint density at radius 3 is 2.65 bits per heavy atom. The molecule has 1 atom stereocenters. The highest BCUT2D eigenvalue weighted by Crippen LogP contribution is 2.17. The van der Waals surface area contributed by atoms with Crippen LogP contribution in [-0.4, -0.2) is 37.2 Å². The summed E-state index contributed by atoms with van der Waals surface area (Å²) in [5, 5.41) is 2.52. The normalized spacial score (nSPS) is 11.2. The smallest absolute Gasteiger partial charge is 0.233 e. The number of methoxy groups -OCH3 is 1. The monoisotopic (exact) mass is 293 g/mol. The van der Waals surface area contributed by atoms with Crippen LogP contribution < -0.4 is 14.8 Å². The van der Waals surface area contributed by atoms with E-state index in [0.717, 1.165) is 17.3 Å². The van der Waals surface area contributed by atoms with Gasteiger partial charge in [-0.25, -0.2) is 0 Å². The van der Waals surface area contributed by atoms with Crippen molar-refractivity contribution in [3.05, 3.63) is 24.3 Å². The second kappa shape index (κ2) is 9.16. The quantitative estimate of drug-likeness (QED) is 0.588. The molecule has 1 aromatic carbocycles. The van der Waals surface area contributed by atoms with Gasteiger partial charge in [-0.05, 0) is 31.2 Å². The molecule has 4 nitrogen and oxygen atoms in total. The number of nitrogens with one attached hydrogen (secondary N) is 1. The predicted molar refractivity (Wildman–Crippen MR) is 82.3 cm³/mol. The highest BCUT2D eigenvalue weighted by atomic mass is 32.2. The molecule has 1 unspecified atom stereocenters. The summed E-state index contributed by atoms with van der Waals surface area (Å²) in [6, 6.07) is 7.40. The molecule has 0 radical (unpaired) electrons. The van der Waals surface area contributed by atoms with Crippen LogP contribution in [0, 0.1) is 12.3 Å². The Labute approximate surface area is 124 Å². The van der Waals surface area contributed by atoms with Gasteiger partial charge in [-0.15, -0.1) is 18.2 Å². The molecule has 0 aliphatic carbocycles. The van der Waals surface area contributed by atoms with Gasteiger partial charge in [0.25, 0.3) is 0 Å². The Morgan fingerprint density at radius 2 is 2.05 bits per heavy atom. The van der Waals surface area contributed by atoms with E-state index in [1.54, 1.807) is 7.11 Å². The highest BCUT2D eigenvalue weighted by molar-refractivity contribution is 8.00. The van der Waals surface area contributed by atoms with Gasteiger partial charge in [-0.1, -0.05) is 5.92 Å². The van der Waals surface area contributed by atoms with Crippen LogP contribution in [0.1, 0.15) is 6.92 Å². The molecule has 108 valence electrons. The van der Waals surface area contributed by atoms with Gasteiger partial charge in [0.1, 0.15) is 11.5 Å². The molecule has 1 rings (SSSR count). The first kappa shape index (κ1) is 16.3. The number of carbonyl (C=O) groups is 1. The highest BCUT2D eigenvalue weighted by Gasteiger charge is 2.11. The first-order valence-corrected chi connectivity index (χ1v) is 7.32. The molecule has 0 saturated carbocycles. The van der Waals surface area contributed by atoms with Crippen LogP contribution in [0.3, 0.4) is 0 Å². The van der Waals surface area contributed by atoms with Gasteiger partial charge in [0.05, 0.1) is 25.5 Å². The molecule has 5 heteroatoms. The van der Waals surface area contributed by atoms with Crippen molar-refractivity contribution < 1.29 is 14.3 Å². The van der Waals surface area contributed by atoms with Crippen LogP contribution in [0.4, 0.5) is 0 Å².